The standard InChI is InChI=1S/C19H26N4O4.C7H6F2O/c1-12-3-4-17(27-12)18(24)21-13-5-6-20-16(7-13)19(25)23-8-14-10-26-11-15(9-23)22(14)2;1-10-6-4-2-3-5(8)7(6)9/h5-7,12,14-15,17H,3-4,8-11H2,1-2H3,(H,20,21,24);2-4H,1H3. The SMILES string of the molecule is CC1CCC(C(=O)Nc2ccnc(C(=O)N3CC4COCC(C3)N4C)c2)O1.COc1cccc(F)c1F. The van der Waals surface area contributed by atoms with Gasteiger partial charge < -0.3 is 24.4 Å². The first-order valence-electron chi connectivity index (χ1n) is 12.3. The highest BCUT2D eigenvalue weighted by molar-refractivity contribution is 5.97. The second-order valence-electron chi connectivity index (χ2n) is 9.41. The van der Waals surface area contributed by atoms with Crippen LogP contribution in [0.4, 0.5) is 14.5 Å². The lowest BCUT2D eigenvalue weighted by atomic mass is 10.1. The van der Waals surface area contributed by atoms with E-state index in [1.54, 1.807) is 18.3 Å². The molecule has 9 nitrogen and oxygen atoms in total. The lowest BCUT2D eigenvalue weighted by Gasteiger charge is -2.47. The lowest BCUT2D eigenvalue weighted by molar-refractivity contribution is -0.126. The minimum atomic E-state index is -0.940. The van der Waals surface area contributed by atoms with E-state index >= 15 is 0 Å². The van der Waals surface area contributed by atoms with Gasteiger partial charge in [-0.25, -0.2) is 4.39 Å². The first-order valence-corrected chi connectivity index (χ1v) is 12.3. The number of pyridine rings is 1. The zero-order chi connectivity index (χ0) is 26.5. The second-order valence-corrected chi connectivity index (χ2v) is 9.41. The van der Waals surface area contributed by atoms with Gasteiger partial charge in [0.25, 0.3) is 11.8 Å². The van der Waals surface area contributed by atoms with Gasteiger partial charge >= 0.3 is 0 Å². The van der Waals surface area contributed by atoms with Crippen molar-refractivity contribution in [1.82, 2.24) is 14.8 Å². The van der Waals surface area contributed by atoms with Gasteiger partial charge in [0.2, 0.25) is 5.82 Å². The number of carbonyl (C=O) groups excluding carboxylic acids is 2. The molecule has 1 aromatic heterocycles. The molecule has 0 aliphatic carbocycles. The fourth-order valence-electron chi connectivity index (χ4n) is 4.63. The number of piperazine rings is 1. The molecule has 1 aromatic carbocycles. The monoisotopic (exact) mass is 518 g/mol. The van der Waals surface area contributed by atoms with Crippen molar-refractivity contribution < 1.29 is 32.6 Å². The zero-order valence-electron chi connectivity index (χ0n) is 21.2. The number of rotatable bonds is 4. The van der Waals surface area contributed by atoms with Gasteiger partial charge in [-0.15, -0.1) is 0 Å². The van der Waals surface area contributed by atoms with E-state index in [1.807, 2.05) is 11.8 Å². The number of benzene rings is 1. The highest BCUT2D eigenvalue weighted by Gasteiger charge is 2.38. The Morgan fingerprint density at radius 2 is 1.86 bits per heavy atom. The molecule has 2 bridgehead atoms. The number of morpholine rings is 1. The van der Waals surface area contributed by atoms with E-state index in [-0.39, 0.29) is 35.8 Å². The maximum absolute atomic E-state index is 12.9. The molecule has 3 aliphatic heterocycles. The highest BCUT2D eigenvalue weighted by atomic mass is 19.2. The second kappa shape index (κ2) is 11.9. The first-order chi connectivity index (χ1) is 17.8. The Morgan fingerprint density at radius 1 is 1.14 bits per heavy atom. The van der Waals surface area contributed by atoms with Gasteiger partial charge in [-0.2, -0.15) is 4.39 Å². The van der Waals surface area contributed by atoms with Crippen molar-refractivity contribution in [3.8, 4) is 5.75 Å². The lowest BCUT2D eigenvalue weighted by Crippen LogP contribution is -2.64. The van der Waals surface area contributed by atoms with Crippen molar-refractivity contribution in [1.29, 1.82) is 0 Å². The average Bonchev–Trinajstić information content (AvgIpc) is 3.32. The van der Waals surface area contributed by atoms with Crippen LogP contribution in [0.25, 0.3) is 0 Å². The molecule has 0 radical (unpaired) electrons. The third kappa shape index (κ3) is 6.41. The Hall–Kier alpha value is -3.15. The van der Waals surface area contributed by atoms with E-state index in [0.29, 0.717) is 37.7 Å². The molecule has 4 heterocycles. The van der Waals surface area contributed by atoms with Gasteiger partial charge in [0, 0.05) is 25.0 Å². The molecular formula is C26H32F2N4O5. The first kappa shape index (κ1) is 26.9. The maximum Gasteiger partial charge on any atom is 0.272 e. The summed E-state index contributed by atoms with van der Waals surface area (Å²) in [7, 11) is 3.37. The molecule has 1 N–H and O–H groups in total. The van der Waals surface area contributed by atoms with Gasteiger partial charge in [-0.1, -0.05) is 6.07 Å². The molecule has 4 unspecified atom stereocenters. The van der Waals surface area contributed by atoms with Crippen LogP contribution in [0.5, 0.6) is 5.75 Å². The molecule has 3 aliphatic rings. The van der Waals surface area contributed by atoms with Gasteiger partial charge in [-0.05, 0) is 51.1 Å². The largest absolute Gasteiger partial charge is 0.494 e. The summed E-state index contributed by atoms with van der Waals surface area (Å²) in [6.07, 6.45) is 2.84. The number of halogens is 2. The van der Waals surface area contributed by atoms with Crippen LogP contribution < -0.4 is 10.1 Å². The number of nitrogens with zero attached hydrogens (tertiary/aromatic N) is 3. The topological polar surface area (TPSA) is 93.2 Å². The number of ether oxygens (including phenoxy) is 3. The molecule has 3 fully saturated rings. The molecule has 11 heteroatoms. The Balaban J connectivity index is 0.000000270. The van der Waals surface area contributed by atoms with Crippen LogP contribution >= 0.6 is 0 Å². The number of amides is 2. The van der Waals surface area contributed by atoms with Crippen LogP contribution in [0.2, 0.25) is 0 Å². The summed E-state index contributed by atoms with van der Waals surface area (Å²) >= 11 is 0. The summed E-state index contributed by atoms with van der Waals surface area (Å²) in [5.41, 5.74) is 0.913. The molecular weight excluding hydrogens is 486 g/mol. The quantitative estimate of drug-likeness (QED) is 0.665. The van der Waals surface area contributed by atoms with Crippen LogP contribution in [0.3, 0.4) is 0 Å². The van der Waals surface area contributed by atoms with Gasteiger partial charge in [-0.3, -0.25) is 19.5 Å². The molecule has 200 valence electrons. The molecule has 5 rings (SSSR count). The van der Waals surface area contributed by atoms with E-state index in [2.05, 4.69) is 27.0 Å². The van der Waals surface area contributed by atoms with Crippen LogP contribution in [0, 0.1) is 11.6 Å². The molecule has 2 amide bonds. The summed E-state index contributed by atoms with van der Waals surface area (Å²) in [6, 6.07) is 7.55. The predicted octanol–water partition coefficient (Wildman–Crippen LogP) is 2.72. The number of fused-ring (bicyclic) bond motifs is 2. The number of hydrogen-bond donors (Lipinski definition) is 1. The summed E-state index contributed by atoms with van der Waals surface area (Å²) in [5, 5.41) is 2.85. The van der Waals surface area contributed by atoms with Crippen molar-refractivity contribution in [3.63, 3.8) is 0 Å². The predicted molar refractivity (Wildman–Crippen MR) is 131 cm³/mol. The normalized spacial score (nSPS) is 25.2. The van der Waals surface area contributed by atoms with E-state index in [1.165, 1.54) is 19.2 Å². The Morgan fingerprint density at radius 3 is 2.49 bits per heavy atom. The molecule has 4 atom stereocenters. The van der Waals surface area contributed by atoms with E-state index in [0.717, 1.165) is 18.9 Å². The molecule has 37 heavy (non-hydrogen) atoms. The number of hydrogen-bond acceptors (Lipinski definition) is 7. The third-order valence-corrected chi connectivity index (χ3v) is 6.83. The van der Waals surface area contributed by atoms with E-state index in [4.69, 9.17) is 9.47 Å². The fraction of sp³-hybridized carbons (Fsp3) is 0.500. The minimum Gasteiger partial charge on any atom is -0.494 e. The van der Waals surface area contributed by atoms with Crippen molar-refractivity contribution in [3.05, 3.63) is 53.9 Å². The number of likely N-dealkylation sites (N-methyl/N-ethyl adjacent to an activating group) is 1. The Bertz CT molecular complexity index is 1110. The number of anilines is 1. The molecule has 0 saturated carbocycles. The molecule has 3 saturated heterocycles. The number of carbonyl (C=O) groups is 2. The van der Waals surface area contributed by atoms with E-state index < -0.39 is 17.7 Å². The highest BCUT2D eigenvalue weighted by Crippen LogP contribution is 2.23. The van der Waals surface area contributed by atoms with Crippen LogP contribution in [-0.4, -0.2) is 91.4 Å². The molecule has 0 spiro atoms. The van der Waals surface area contributed by atoms with Crippen LogP contribution in [-0.2, 0) is 14.3 Å². The number of methoxy groups -OCH3 is 1. The summed E-state index contributed by atoms with van der Waals surface area (Å²) in [4.78, 5) is 33.6. The van der Waals surface area contributed by atoms with Crippen LogP contribution in [0.15, 0.2) is 36.5 Å². The average molecular weight is 519 g/mol. The van der Waals surface area contributed by atoms with Crippen molar-refractivity contribution in [2.24, 2.45) is 0 Å². The summed E-state index contributed by atoms with van der Waals surface area (Å²) in [6.45, 7) is 4.49. The third-order valence-electron chi connectivity index (χ3n) is 6.83. The number of aromatic nitrogens is 1. The Kier molecular flexibility index (Phi) is 8.67. The van der Waals surface area contributed by atoms with Gasteiger partial charge in [0.1, 0.15) is 11.8 Å². The Labute approximate surface area is 214 Å². The maximum atomic E-state index is 12.9. The van der Waals surface area contributed by atoms with Crippen molar-refractivity contribution >= 4 is 17.5 Å². The minimum absolute atomic E-state index is 0.0694. The number of nitrogens with one attached hydrogen (secondary N) is 1. The van der Waals surface area contributed by atoms with Gasteiger partial charge in [0.15, 0.2) is 11.6 Å². The molecule has 2 aromatic rings. The van der Waals surface area contributed by atoms with Crippen LogP contribution in [0.1, 0.15) is 30.3 Å². The summed E-state index contributed by atoms with van der Waals surface area (Å²) < 4.78 is 40.5. The van der Waals surface area contributed by atoms with Crippen molar-refractivity contribution in [2.45, 2.75) is 44.1 Å². The van der Waals surface area contributed by atoms with E-state index in [9.17, 15) is 18.4 Å². The van der Waals surface area contributed by atoms with Gasteiger partial charge in [0.05, 0.1) is 38.5 Å². The smallest absolute Gasteiger partial charge is 0.272 e. The zero-order valence-corrected chi connectivity index (χ0v) is 21.2. The van der Waals surface area contributed by atoms with Crippen molar-refractivity contribution in [2.75, 3.05) is 45.8 Å². The summed E-state index contributed by atoms with van der Waals surface area (Å²) in [5.74, 6) is -2.18. The fourth-order valence-corrected chi connectivity index (χ4v) is 4.63.